The molecule has 0 atom stereocenters. The minimum absolute atomic E-state index is 0.349. The lowest BCUT2D eigenvalue weighted by Crippen LogP contribution is -1.91. The third kappa shape index (κ3) is 2.47. The number of nitrogens with two attached hydrogens (primary N) is 1. The van der Waals surface area contributed by atoms with Crippen molar-refractivity contribution < 1.29 is 4.52 Å². The van der Waals surface area contributed by atoms with Crippen molar-refractivity contribution in [2.75, 3.05) is 5.73 Å². The van der Waals surface area contributed by atoms with Gasteiger partial charge < -0.3 is 10.3 Å². The number of rotatable bonds is 2. The molecule has 1 aromatic heterocycles. The Morgan fingerprint density at radius 2 is 1.76 bits per heavy atom. The highest BCUT2D eigenvalue weighted by atomic mass is 79.9. The van der Waals surface area contributed by atoms with Crippen molar-refractivity contribution in [3.8, 4) is 22.4 Å². The molecule has 0 aliphatic carbocycles. The number of halogens is 1. The van der Waals surface area contributed by atoms with Gasteiger partial charge in [-0.05, 0) is 42.7 Å². The van der Waals surface area contributed by atoms with E-state index in [4.69, 9.17) is 10.3 Å². The minimum atomic E-state index is 0.349. The highest BCUT2D eigenvalue weighted by Crippen LogP contribution is 2.39. The third-order valence-corrected chi connectivity index (χ3v) is 4.07. The summed E-state index contributed by atoms with van der Waals surface area (Å²) in [6.45, 7) is 4.10. The first kappa shape index (κ1) is 13.9. The molecule has 0 aliphatic heterocycles. The van der Waals surface area contributed by atoms with Gasteiger partial charge in [-0.2, -0.15) is 0 Å². The van der Waals surface area contributed by atoms with Crippen LogP contribution >= 0.6 is 15.9 Å². The van der Waals surface area contributed by atoms with E-state index in [1.54, 1.807) is 0 Å². The number of hydrogen-bond acceptors (Lipinski definition) is 3. The van der Waals surface area contributed by atoms with E-state index in [0.29, 0.717) is 5.88 Å². The van der Waals surface area contributed by atoms with Crippen LogP contribution in [0.4, 0.5) is 5.88 Å². The van der Waals surface area contributed by atoms with Crippen LogP contribution in [0.2, 0.25) is 0 Å². The molecule has 2 aromatic carbocycles. The van der Waals surface area contributed by atoms with Gasteiger partial charge in [-0.1, -0.05) is 51.4 Å². The molecule has 1 heterocycles. The highest BCUT2D eigenvalue weighted by Gasteiger charge is 2.19. The smallest absolute Gasteiger partial charge is 0.230 e. The largest absolute Gasteiger partial charge is 0.367 e. The molecular formula is C17H15BrN2O. The number of hydrogen-bond donors (Lipinski definition) is 1. The molecule has 0 amide bonds. The van der Waals surface area contributed by atoms with Crippen LogP contribution in [0.5, 0.6) is 0 Å². The van der Waals surface area contributed by atoms with Gasteiger partial charge in [-0.3, -0.25) is 0 Å². The van der Waals surface area contributed by atoms with Crippen molar-refractivity contribution in [3.63, 3.8) is 0 Å². The van der Waals surface area contributed by atoms with Crippen molar-refractivity contribution in [1.82, 2.24) is 5.16 Å². The zero-order valence-corrected chi connectivity index (χ0v) is 13.4. The first-order valence-corrected chi connectivity index (χ1v) is 7.45. The van der Waals surface area contributed by atoms with E-state index in [9.17, 15) is 0 Å². The van der Waals surface area contributed by atoms with Crippen molar-refractivity contribution >= 4 is 21.8 Å². The molecule has 21 heavy (non-hydrogen) atoms. The molecule has 3 rings (SSSR count). The summed E-state index contributed by atoms with van der Waals surface area (Å²) in [6, 6.07) is 14.2. The number of nitrogens with zero attached hydrogens (tertiary/aromatic N) is 1. The molecule has 0 unspecified atom stereocenters. The van der Waals surface area contributed by atoms with E-state index in [1.165, 1.54) is 0 Å². The fourth-order valence-electron chi connectivity index (χ4n) is 2.49. The Bertz CT molecular complexity index is 808. The number of anilines is 1. The van der Waals surface area contributed by atoms with Crippen molar-refractivity contribution in [1.29, 1.82) is 0 Å². The second kappa shape index (κ2) is 5.37. The average Bonchev–Trinajstić information content (AvgIpc) is 2.81. The van der Waals surface area contributed by atoms with E-state index < -0.39 is 0 Å². The van der Waals surface area contributed by atoms with Gasteiger partial charge in [0.1, 0.15) is 5.69 Å². The molecule has 0 spiro atoms. The summed E-state index contributed by atoms with van der Waals surface area (Å²) in [5, 5.41) is 4.18. The minimum Gasteiger partial charge on any atom is -0.367 e. The van der Waals surface area contributed by atoms with E-state index in [-0.39, 0.29) is 0 Å². The highest BCUT2D eigenvalue weighted by molar-refractivity contribution is 9.10. The average molecular weight is 343 g/mol. The van der Waals surface area contributed by atoms with Crippen LogP contribution in [0.25, 0.3) is 22.4 Å². The number of benzene rings is 2. The Morgan fingerprint density at radius 3 is 2.48 bits per heavy atom. The van der Waals surface area contributed by atoms with Crippen LogP contribution in [0, 0.1) is 13.8 Å². The molecule has 106 valence electrons. The van der Waals surface area contributed by atoms with Gasteiger partial charge in [-0.15, -0.1) is 0 Å². The molecule has 0 aliphatic rings. The molecular weight excluding hydrogens is 328 g/mol. The van der Waals surface area contributed by atoms with Crippen LogP contribution < -0.4 is 5.73 Å². The van der Waals surface area contributed by atoms with E-state index in [1.807, 2.05) is 37.3 Å². The zero-order valence-electron chi connectivity index (χ0n) is 11.9. The van der Waals surface area contributed by atoms with Crippen LogP contribution in [0.15, 0.2) is 51.5 Å². The molecule has 3 nitrogen and oxygen atoms in total. The summed E-state index contributed by atoms with van der Waals surface area (Å²) in [4.78, 5) is 0. The monoisotopic (exact) mass is 342 g/mol. The molecule has 3 aromatic rings. The molecule has 4 heteroatoms. The number of nitrogen functional groups attached to an aromatic ring is 1. The van der Waals surface area contributed by atoms with Gasteiger partial charge in [0.2, 0.25) is 5.88 Å². The first-order valence-electron chi connectivity index (χ1n) is 6.65. The third-order valence-electron chi connectivity index (χ3n) is 3.58. The Morgan fingerprint density at radius 1 is 1.00 bits per heavy atom. The van der Waals surface area contributed by atoms with Crippen LogP contribution in [0.3, 0.4) is 0 Å². The summed E-state index contributed by atoms with van der Waals surface area (Å²) in [6.07, 6.45) is 0. The van der Waals surface area contributed by atoms with Crippen LogP contribution in [-0.4, -0.2) is 5.16 Å². The zero-order chi connectivity index (χ0) is 15.0. The van der Waals surface area contributed by atoms with Crippen molar-refractivity contribution in [2.24, 2.45) is 0 Å². The van der Waals surface area contributed by atoms with Crippen molar-refractivity contribution in [2.45, 2.75) is 13.8 Å². The van der Waals surface area contributed by atoms with Gasteiger partial charge in [0.05, 0.1) is 5.56 Å². The maximum absolute atomic E-state index is 6.02. The molecule has 2 N–H and O–H groups in total. The molecule has 0 saturated heterocycles. The quantitative estimate of drug-likeness (QED) is 0.715. The van der Waals surface area contributed by atoms with E-state index in [0.717, 1.165) is 38.0 Å². The predicted molar refractivity (Wildman–Crippen MR) is 89.0 cm³/mol. The van der Waals surface area contributed by atoms with E-state index in [2.05, 4.69) is 40.1 Å². The number of aromatic nitrogens is 1. The Kier molecular flexibility index (Phi) is 3.55. The second-order valence-electron chi connectivity index (χ2n) is 5.04. The lowest BCUT2D eigenvalue weighted by Gasteiger charge is -2.08. The topological polar surface area (TPSA) is 52.0 Å². The fraction of sp³-hybridized carbons (Fsp3) is 0.118. The second-order valence-corrected chi connectivity index (χ2v) is 5.96. The van der Waals surface area contributed by atoms with Gasteiger partial charge in [0.15, 0.2) is 0 Å². The van der Waals surface area contributed by atoms with Gasteiger partial charge >= 0.3 is 0 Å². The van der Waals surface area contributed by atoms with E-state index >= 15 is 0 Å². The fourth-order valence-corrected chi connectivity index (χ4v) is 2.97. The van der Waals surface area contributed by atoms with Crippen molar-refractivity contribution in [3.05, 3.63) is 58.1 Å². The maximum atomic E-state index is 6.02. The first-order chi connectivity index (χ1) is 10.1. The maximum Gasteiger partial charge on any atom is 0.230 e. The summed E-state index contributed by atoms with van der Waals surface area (Å²) in [5.41, 5.74) is 12.0. The lowest BCUT2D eigenvalue weighted by atomic mass is 9.95. The van der Waals surface area contributed by atoms with Gasteiger partial charge in [-0.25, -0.2) is 0 Å². The van der Waals surface area contributed by atoms with Gasteiger partial charge in [0, 0.05) is 10.0 Å². The predicted octanol–water partition coefficient (Wildman–Crippen LogP) is 4.97. The lowest BCUT2D eigenvalue weighted by molar-refractivity contribution is 0.439. The molecule has 0 fully saturated rings. The molecule has 0 bridgehead atoms. The Labute approximate surface area is 131 Å². The summed E-state index contributed by atoms with van der Waals surface area (Å²) in [5.74, 6) is 0.349. The SMILES string of the molecule is Cc1cc(Br)ccc1-c1noc(N)c1-c1ccccc1C. The van der Waals surface area contributed by atoms with Crippen LogP contribution in [-0.2, 0) is 0 Å². The normalized spacial score (nSPS) is 10.8. The Hall–Kier alpha value is -2.07. The summed E-state index contributed by atoms with van der Waals surface area (Å²) >= 11 is 3.48. The molecule has 0 saturated carbocycles. The molecule has 0 radical (unpaired) electrons. The summed E-state index contributed by atoms with van der Waals surface area (Å²) < 4.78 is 6.30. The summed E-state index contributed by atoms with van der Waals surface area (Å²) in [7, 11) is 0. The van der Waals surface area contributed by atoms with Crippen LogP contribution in [0.1, 0.15) is 11.1 Å². The standard InChI is InChI=1S/C17H15BrN2O/c1-10-5-3-4-6-13(10)15-16(20-21-17(15)19)14-8-7-12(18)9-11(14)2/h3-9H,19H2,1-2H3. The Balaban J connectivity index is 2.25. The van der Waals surface area contributed by atoms with Gasteiger partial charge in [0.25, 0.3) is 0 Å². The number of aryl methyl sites for hydroxylation is 2.